The van der Waals surface area contributed by atoms with Crippen molar-refractivity contribution in [1.82, 2.24) is 46.7 Å². The Bertz CT molecular complexity index is 2920. The van der Waals surface area contributed by atoms with Crippen molar-refractivity contribution in [2.45, 2.75) is 138 Å². The van der Waals surface area contributed by atoms with Gasteiger partial charge in [0.2, 0.25) is 53.2 Å². The zero-order chi connectivity index (χ0) is 62.6. The number of carboxylic acids is 1. The molecule has 4 aliphatic rings. The first-order valence-electron chi connectivity index (χ1n) is 28.3. The van der Waals surface area contributed by atoms with E-state index in [4.69, 9.17) is 15.6 Å². The maximum atomic E-state index is 15.4. The summed E-state index contributed by atoms with van der Waals surface area (Å²) in [7, 11) is -1.02. The number of carboxylic acid groups (broad SMARTS) is 1. The van der Waals surface area contributed by atoms with Crippen molar-refractivity contribution in [3.05, 3.63) is 23.3 Å². The van der Waals surface area contributed by atoms with Gasteiger partial charge in [-0.2, -0.15) is 11.8 Å². The van der Waals surface area contributed by atoms with E-state index in [2.05, 4.69) is 36.9 Å². The number of hydrogen-bond acceptors (Lipinski definition) is 18. The van der Waals surface area contributed by atoms with E-state index in [-0.39, 0.29) is 46.9 Å². The van der Waals surface area contributed by atoms with E-state index >= 15 is 4.21 Å². The molecule has 2 fully saturated rings. The summed E-state index contributed by atoms with van der Waals surface area (Å²) in [6.07, 6.45) is -5.20. The van der Waals surface area contributed by atoms with Gasteiger partial charge >= 0.3 is 5.97 Å². The second-order valence-electron chi connectivity index (χ2n) is 22.3. The summed E-state index contributed by atoms with van der Waals surface area (Å²) in [5, 5.41) is 56.4. The molecular weight excluding hydrogens is 1150 g/mol. The predicted octanol–water partition coefficient (Wildman–Crippen LogP) is -2.98. The maximum Gasteiger partial charge on any atom is 0.306 e. The Morgan fingerprint density at radius 2 is 1.65 bits per heavy atom. The Morgan fingerprint density at radius 1 is 0.929 bits per heavy atom. The van der Waals surface area contributed by atoms with Crippen LogP contribution in [-0.4, -0.2) is 210 Å². The van der Waals surface area contributed by atoms with Crippen LogP contribution in [0.15, 0.2) is 17.2 Å². The number of thioether (sulfide) groups is 1. The first-order valence-corrected chi connectivity index (χ1v) is 30.6. The molecule has 1 aromatic heterocycles. The highest BCUT2D eigenvalue weighted by Crippen LogP contribution is 2.39. The van der Waals surface area contributed by atoms with Crippen molar-refractivity contribution in [2.75, 3.05) is 58.7 Å². The molecular formula is C55H78N10O18S2. The highest BCUT2D eigenvalue weighted by atomic mass is 32.2. The molecule has 5 heterocycles. The summed E-state index contributed by atoms with van der Waals surface area (Å²) < 4.78 is 21.2. The fraction of sp³-hybridized carbons (Fsp3) is 0.636. The maximum absolute atomic E-state index is 15.4. The Labute approximate surface area is 496 Å². The number of H-pyrrole nitrogens is 1. The number of aromatic nitrogens is 1. The Morgan fingerprint density at radius 3 is 2.32 bits per heavy atom. The Hall–Kier alpha value is -7.02. The van der Waals surface area contributed by atoms with Gasteiger partial charge in [0.15, 0.2) is 11.6 Å². The molecule has 30 heteroatoms. The van der Waals surface area contributed by atoms with Gasteiger partial charge in [-0.15, -0.1) is 0 Å². The number of aliphatic carboxylic acids is 1. The number of primary amides is 1. The number of nitrogens with one attached hydrogen (secondary N) is 7. The Balaban J connectivity index is 1.48. The van der Waals surface area contributed by atoms with E-state index in [1.165, 1.54) is 32.7 Å². The zero-order valence-corrected chi connectivity index (χ0v) is 49.7. The van der Waals surface area contributed by atoms with Crippen LogP contribution in [0.1, 0.15) is 90.2 Å². The molecule has 9 amide bonds. The largest absolute Gasteiger partial charge is 0.496 e. The third kappa shape index (κ3) is 17.3. The quantitative estimate of drug-likeness (QED) is 0.0752. The molecule has 2 aromatic rings. The summed E-state index contributed by atoms with van der Waals surface area (Å²) in [5.41, 5.74) is 6.59. The summed E-state index contributed by atoms with van der Waals surface area (Å²) in [6, 6.07) is -3.79. The lowest BCUT2D eigenvalue weighted by Crippen LogP contribution is -2.60. The smallest absolute Gasteiger partial charge is 0.306 e. The van der Waals surface area contributed by atoms with Crippen LogP contribution in [0.4, 0.5) is 0 Å². The fourth-order valence-corrected chi connectivity index (χ4v) is 13.5. The van der Waals surface area contributed by atoms with Gasteiger partial charge in [0.1, 0.15) is 28.9 Å². The molecule has 2 saturated heterocycles. The monoisotopic (exact) mass is 1230 g/mol. The molecule has 13 N–H and O–H groups in total. The molecule has 0 aliphatic carbocycles. The lowest BCUT2D eigenvalue weighted by molar-refractivity contribution is -0.144. The molecule has 0 radical (unpaired) electrons. The lowest BCUT2D eigenvalue weighted by Gasteiger charge is -2.32. The van der Waals surface area contributed by atoms with Crippen LogP contribution in [0.3, 0.4) is 0 Å². The minimum atomic E-state index is -2.44. The number of nitrogens with zero attached hydrogens (tertiary/aromatic N) is 2. The van der Waals surface area contributed by atoms with Crippen LogP contribution >= 0.6 is 11.8 Å². The molecule has 1 aromatic carbocycles. The van der Waals surface area contributed by atoms with E-state index < -0.39 is 206 Å². The summed E-state index contributed by atoms with van der Waals surface area (Å²) in [5.74, 6) is -15.7. The fourth-order valence-electron chi connectivity index (χ4n) is 10.9. The number of hydrogen-bond donors (Lipinski definition) is 12. The lowest BCUT2D eigenvalue weighted by atomic mass is 9.85. The van der Waals surface area contributed by atoms with Gasteiger partial charge in [0.05, 0.1) is 79.5 Å². The molecule has 85 heavy (non-hydrogen) atoms. The van der Waals surface area contributed by atoms with Crippen LogP contribution in [0, 0.1) is 29.6 Å². The van der Waals surface area contributed by atoms with Crippen molar-refractivity contribution in [3.8, 4) is 5.75 Å². The number of carbonyl (C=O) groups excluding carboxylic acids is 11. The topological polar surface area (TPSA) is 433 Å². The second kappa shape index (κ2) is 30.4. The number of nitrogens with two attached hydrogens (primary N) is 1. The van der Waals surface area contributed by atoms with Crippen molar-refractivity contribution in [2.24, 2.45) is 35.3 Å². The van der Waals surface area contributed by atoms with Crippen molar-refractivity contribution in [3.63, 3.8) is 0 Å². The highest BCUT2D eigenvalue weighted by Gasteiger charge is 2.45. The summed E-state index contributed by atoms with van der Waals surface area (Å²) in [6.45, 7) is 4.14. The number of amides is 9. The molecule has 6 rings (SSSR count). The van der Waals surface area contributed by atoms with Crippen molar-refractivity contribution in [1.29, 1.82) is 0 Å². The zero-order valence-electron chi connectivity index (χ0n) is 48.1. The predicted molar refractivity (Wildman–Crippen MR) is 305 cm³/mol. The molecule has 28 nitrogen and oxygen atoms in total. The number of fused-ring (bicyclic) bond motifs is 5. The number of likely N-dealkylation sites (tertiary alicyclic amines) is 1. The first kappa shape index (κ1) is 67.1. The van der Waals surface area contributed by atoms with Crippen LogP contribution in [0.5, 0.6) is 5.75 Å². The number of methoxy groups -OCH3 is 1. The third-order valence-corrected chi connectivity index (χ3v) is 18.9. The average Bonchev–Trinajstić information content (AvgIpc) is 2.02. The van der Waals surface area contributed by atoms with Gasteiger partial charge in [-0.25, -0.2) is 0 Å². The van der Waals surface area contributed by atoms with Gasteiger partial charge in [0.25, 0.3) is 0 Å². The summed E-state index contributed by atoms with van der Waals surface area (Å²) in [4.78, 5) is 170. The Kier molecular flexibility index (Phi) is 24.0. The van der Waals surface area contributed by atoms with Crippen LogP contribution in [-0.2, 0) is 80.5 Å². The molecule has 4 aliphatic heterocycles. The van der Waals surface area contributed by atoms with E-state index in [1.807, 2.05) is 0 Å². The van der Waals surface area contributed by atoms with Crippen molar-refractivity contribution < 1.29 is 86.9 Å². The number of benzene rings is 1. The van der Waals surface area contributed by atoms with Gasteiger partial charge in [-0.05, 0) is 36.5 Å². The third-order valence-electron chi connectivity index (χ3n) is 16.2. The minimum absolute atomic E-state index is 0.00349. The number of aliphatic hydroxyl groups excluding tert-OH is 3. The average molecular weight is 1230 g/mol. The molecule has 2 unspecified atom stereocenters. The normalized spacial score (nSPS) is 26.6. The van der Waals surface area contributed by atoms with Gasteiger partial charge < -0.3 is 77.6 Å². The van der Waals surface area contributed by atoms with E-state index in [0.717, 1.165) is 4.90 Å². The summed E-state index contributed by atoms with van der Waals surface area (Å²) >= 11 is 1.46. The number of aromatic amines is 1. The molecule has 468 valence electrons. The van der Waals surface area contributed by atoms with Crippen LogP contribution < -0.4 is 42.4 Å². The first-order chi connectivity index (χ1) is 40.2. The molecule has 0 saturated carbocycles. The standard InChI is InChI=1S/C55H78N10O18S2/c1-6-26(2)34-16-30(67)19-58-49(75)29-14-35-33-7-8-42(83-5)36(24-84-32-10-12-64(22-32)46(74)9-11-57-44(72)13-27(3)55(80)81)48(33)63-53(35)85(82)25-38(60-45(73)20-59-50(34)76)51(77)61-37(18-43(56)71)54(79)65-21-31(68)17-39(65)52(78)62-47(40(69)15-29)28(4)41(70)23-66/h7-8,26-29,31-32,34,37-39,41,47,63,66,68,70H,6,9-25H2,1-5H3,(H2,56,71)(H,57,72)(H,58,75)(H,59,76)(H,60,73)(H,61,77)(H,62,78)(H,80,81)/t26-,27?,28-,29+,31+,32+,34-,37-,38-,39-,41-,47-,85?/m0/s1. The number of rotatable bonds is 17. The SMILES string of the molecule is CC[C@H](C)[C@@H]1CC(=O)CNC(=O)[C@H]2CC(=O)[C@H]([C@@H](C)[C@@H](O)CO)NC(=O)[C@@H]3C[C@@H](O)CN3C(=O)[C@H](CC(N)=O)NC(=O)[C@H](CS(=O)c3[nH]c4c(CS[C@@H]5CCN(C(=O)CCNC(=O)CC(C)C(=O)O)C5)c(OC)ccc4c3C2)NC(=O)CNC1=O. The number of ether oxygens (including phenoxy) is 1. The van der Waals surface area contributed by atoms with Crippen molar-refractivity contribution >= 4 is 104 Å². The van der Waals surface area contributed by atoms with Crippen LogP contribution in [0.2, 0.25) is 0 Å². The van der Waals surface area contributed by atoms with E-state index in [0.29, 0.717) is 48.1 Å². The second-order valence-corrected chi connectivity index (χ2v) is 25.0. The number of carbonyl (C=O) groups is 12. The molecule has 2 bridgehead atoms. The highest BCUT2D eigenvalue weighted by molar-refractivity contribution is 7.99. The number of aliphatic hydroxyl groups is 3. The van der Waals surface area contributed by atoms with E-state index in [1.54, 1.807) is 30.9 Å². The van der Waals surface area contributed by atoms with Gasteiger partial charge in [-0.1, -0.05) is 34.1 Å². The number of Topliss-reactive ketones (excluding diaryl/α,β-unsaturated/α-hetero) is 2. The molecule has 13 atom stereocenters. The number of ketones is 2. The van der Waals surface area contributed by atoms with E-state index in [9.17, 15) is 72.9 Å². The van der Waals surface area contributed by atoms with Gasteiger partial charge in [-0.3, -0.25) is 61.7 Å². The molecule has 0 spiro atoms. The minimum Gasteiger partial charge on any atom is -0.496 e. The van der Waals surface area contributed by atoms with Crippen LogP contribution in [0.25, 0.3) is 10.9 Å². The van der Waals surface area contributed by atoms with Gasteiger partial charge in [0, 0.05) is 98.0 Å².